The van der Waals surface area contributed by atoms with Gasteiger partial charge in [-0.2, -0.15) is 0 Å². The van der Waals surface area contributed by atoms with E-state index in [9.17, 15) is 0 Å². The molecule has 10 aromatic rings. The number of anilines is 6. The smallest absolute Gasteiger partial charge is 0.180 e. The van der Waals surface area contributed by atoms with Gasteiger partial charge in [-0.05, 0) is 127 Å². The van der Waals surface area contributed by atoms with Gasteiger partial charge in [-0.25, -0.2) is 0 Å². The lowest BCUT2D eigenvalue weighted by Gasteiger charge is -2.32. The van der Waals surface area contributed by atoms with Gasteiger partial charge in [0.1, 0.15) is 0 Å². The number of para-hydroxylation sites is 4. The molecule has 3 heteroatoms. The van der Waals surface area contributed by atoms with Crippen LogP contribution in [0.5, 0.6) is 0 Å². The fourth-order valence-corrected chi connectivity index (χ4v) is 14.9. The van der Waals surface area contributed by atoms with Gasteiger partial charge >= 0.3 is 0 Å². The van der Waals surface area contributed by atoms with Gasteiger partial charge in [0, 0.05) is 34.1 Å². The molecule has 0 atom stereocenters. The molecule has 0 amide bonds. The summed E-state index contributed by atoms with van der Waals surface area (Å²) < 4.78 is 0. The Morgan fingerprint density at radius 2 is 0.476 bits per heavy atom. The van der Waals surface area contributed by atoms with E-state index in [0.29, 0.717) is 0 Å². The molecule has 0 N–H and O–H groups in total. The molecule has 0 saturated carbocycles. The molecule has 0 unspecified atom stereocenters. The van der Waals surface area contributed by atoms with Gasteiger partial charge in [-0.15, -0.1) is 0 Å². The monoisotopic (exact) mass is 820 g/mol. The molecule has 1 aliphatic rings. The second-order valence-corrected chi connectivity index (χ2v) is 19.8. The van der Waals surface area contributed by atoms with Gasteiger partial charge < -0.3 is 9.80 Å². The second-order valence-electron chi connectivity index (χ2n) is 16.1. The molecule has 1 aliphatic heterocycles. The molecule has 2 nitrogen and oxygen atoms in total. The molecule has 63 heavy (non-hydrogen) atoms. The molecule has 298 valence electrons. The summed E-state index contributed by atoms with van der Waals surface area (Å²) in [6.45, 7) is 0. The number of nitrogens with zero attached hydrogens (tertiary/aromatic N) is 2. The highest BCUT2D eigenvalue weighted by atomic mass is 28.3. The van der Waals surface area contributed by atoms with Gasteiger partial charge in [0.05, 0.1) is 0 Å². The van der Waals surface area contributed by atoms with E-state index in [0.717, 1.165) is 34.1 Å². The van der Waals surface area contributed by atoms with Crippen LogP contribution in [0.25, 0.3) is 33.4 Å². The van der Waals surface area contributed by atoms with Crippen molar-refractivity contribution in [1.29, 1.82) is 0 Å². The lowest BCUT2D eigenvalue weighted by molar-refractivity contribution is 1.28. The number of benzene rings is 10. The predicted octanol–water partition coefficient (Wildman–Crippen LogP) is 13.3. The van der Waals surface area contributed by atoms with Crippen molar-refractivity contribution in [2.45, 2.75) is 0 Å². The van der Waals surface area contributed by atoms with Crippen molar-refractivity contribution in [3.05, 3.63) is 267 Å². The van der Waals surface area contributed by atoms with Crippen LogP contribution in [0.2, 0.25) is 0 Å². The fourth-order valence-electron chi connectivity index (χ4n) is 9.66. The molecule has 11 rings (SSSR count). The summed E-state index contributed by atoms with van der Waals surface area (Å²) in [5.41, 5.74) is 14.3. The predicted molar refractivity (Wildman–Crippen MR) is 269 cm³/mol. The Morgan fingerprint density at radius 3 is 0.778 bits per heavy atom. The Kier molecular flexibility index (Phi) is 9.93. The van der Waals surface area contributed by atoms with E-state index in [2.05, 4.69) is 277 Å². The highest BCUT2D eigenvalue weighted by Gasteiger charge is 2.49. The molecular formula is C60H44N2Si. The zero-order chi connectivity index (χ0) is 42.0. The first-order valence-corrected chi connectivity index (χ1v) is 23.7. The van der Waals surface area contributed by atoms with Gasteiger partial charge in [-0.3, -0.25) is 0 Å². The van der Waals surface area contributed by atoms with Crippen LogP contribution < -0.4 is 30.5 Å². The maximum absolute atomic E-state index is 2.80. The van der Waals surface area contributed by atoms with Crippen molar-refractivity contribution in [1.82, 2.24) is 0 Å². The standard InChI is InChI=1S/C60H44N2Si/c1-7-19-49(20-8-1)61(50-21-9-2-10-22-50)53-37-31-45(32-38-53)47-35-41-57-58-42-36-48(44-60(58)63(59(57)43-47,55-27-15-5-16-28-55)56-29-17-6-18-30-56)46-33-39-54(40-34-46)62(51-23-11-3-12-24-51)52-25-13-4-14-26-52/h1-44H. The summed E-state index contributed by atoms with van der Waals surface area (Å²) in [5, 5.41) is 5.64. The maximum Gasteiger partial charge on any atom is 0.180 e. The number of fused-ring (bicyclic) bond motifs is 3. The molecule has 1 heterocycles. The van der Waals surface area contributed by atoms with Crippen LogP contribution in [-0.2, 0) is 0 Å². The SMILES string of the molecule is c1ccc(N(c2ccccc2)c2ccc(-c3ccc4c(c3)[Si](c3ccccc3)(c3ccccc3)c3cc(-c5ccc(N(c6ccccc6)c6ccccc6)cc5)ccc3-4)cc2)cc1. The third-order valence-corrected chi connectivity index (χ3v) is 17.4. The maximum atomic E-state index is 2.51. The minimum atomic E-state index is -2.80. The highest BCUT2D eigenvalue weighted by Crippen LogP contribution is 2.39. The van der Waals surface area contributed by atoms with Crippen LogP contribution in [-0.4, -0.2) is 8.07 Å². The summed E-state index contributed by atoms with van der Waals surface area (Å²) in [7, 11) is -2.80. The van der Waals surface area contributed by atoms with Crippen LogP contribution in [0, 0.1) is 0 Å². The number of hydrogen-bond donors (Lipinski definition) is 0. The van der Waals surface area contributed by atoms with E-state index in [1.807, 2.05) is 0 Å². The van der Waals surface area contributed by atoms with E-state index in [1.54, 1.807) is 0 Å². The summed E-state index contributed by atoms with van der Waals surface area (Å²) in [6.07, 6.45) is 0. The van der Waals surface area contributed by atoms with Crippen LogP contribution in [0.15, 0.2) is 267 Å². The molecule has 10 aromatic carbocycles. The van der Waals surface area contributed by atoms with Crippen LogP contribution in [0.3, 0.4) is 0 Å². The Balaban J connectivity index is 1.02. The molecule has 0 saturated heterocycles. The Labute approximate surface area is 371 Å². The number of rotatable bonds is 10. The van der Waals surface area contributed by atoms with Crippen molar-refractivity contribution >= 4 is 62.9 Å². The van der Waals surface area contributed by atoms with Crippen LogP contribution >= 0.6 is 0 Å². The third kappa shape index (κ3) is 6.86. The Morgan fingerprint density at radius 1 is 0.222 bits per heavy atom. The fraction of sp³-hybridized carbons (Fsp3) is 0. The van der Waals surface area contributed by atoms with Gasteiger partial charge in [0.25, 0.3) is 0 Å². The summed E-state index contributed by atoms with van der Waals surface area (Å²) in [4.78, 5) is 4.64. The molecule has 0 bridgehead atoms. The van der Waals surface area contributed by atoms with Gasteiger partial charge in [-0.1, -0.05) is 194 Å². The van der Waals surface area contributed by atoms with Crippen molar-refractivity contribution < 1.29 is 0 Å². The van der Waals surface area contributed by atoms with Crippen LogP contribution in [0.4, 0.5) is 34.1 Å². The van der Waals surface area contributed by atoms with Crippen LogP contribution in [0.1, 0.15) is 0 Å². The normalized spacial score (nSPS) is 12.3. The molecule has 0 spiro atoms. The van der Waals surface area contributed by atoms with Crippen molar-refractivity contribution in [2.24, 2.45) is 0 Å². The lowest BCUT2D eigenvalue weighted by Crippen LogP contribution is -2.72. The highest BCUT2D eigenvalue weighted by molar-refractivity contribution is 7.22. The summed E-state index contributed by atoms with van der Waals surface area (Å²) in [6, 6.07) is 97.6. The first-order valence-electron chi connectivity index (χ1n) is 21.7. The zero-order valence-electron chi connectivity index (χ0n) is 34.8. The van der Waals surface area contributed by atoms with Crippen molar-refractivity contribution in [3.8, 4) is 33.4 Å². The van der Waals surface area contributed by atoms with Crippen molar-refractivity contribution in [2.75, 3.05) is 9.80 Å². The van der Waals surface area contributed by atoms with Gasteiger partial charge in [0.15, 0.2) is 8.07 Å². The third-order valence-electron chi connectivity index (χ3n) is 12.5. The zero-order valence-corrected chi connectivity index (χ0v) is 35.8. The summed E-state index contributed by atoms with van der Waals surface area (Å²) in [5.74, 6) is 0. The Bertz CT molecular complexity index is 2830. The number of hydrogen-bond acceptors (Lipinski definition) is 2. The lowest BCUT2D eigenvalue weighted by atomic mass is 9.98. The topological polar surface area (TPSA) is 6.48 Å². The Hall–Kier alpha value is -7.98. The van der Waals surface area contributed by atoms with Gasteiger partial charge in [0.2, 0.25) is 0 Å². The van der Waals surface area contributed by atoms with Crippen molar-refractivity contribution in [3.63, 3.8) is 0 Å². The first-order chi connectivity index (χ1) is 31.3. The first kappa shape index (κ1) is 38.0. The minimum Gasteiger partial charge on any atom is -0.311 e. The summed E-state index contributed by atoms with van der Waals surface area (Å²) >= 11 is 0. The van der Waals surface area contributed by atoms with E-state index in [4.69, 9.17) is 0 Å². The molecule has 0 aliphatic carbocycles. The van der Waals surface area contributed by atoms with E-state index in [-0.39, 0.29) is 0 Å². The molecule has 0 aromatic heterocycles. The quantitative estimate of drug-likeness (QED) is 0.127. The molecule has 0 radical (unpaired) electrons. The largest absolute Gasteiger partial charge is 0.311 e. The van der Waals surface area contributed by atoms with E-state index >= 15 is 0 Å². The minimum absolute atomic E-state index is 1.12. The molecule has 0 fully saturated rings. The average Bonchev–Trinajstić information content (AvgIpc) is 3.66. The second kappa shape index (κ2) is 16.5. The van der Waals surface area contributed by atoms with E-state index in [1.165, 1.54) is 54.1 Å². The molecular weight excluding hydrogens is 777 g/mol. The van der Waals surface area contributed by atoms with E-state index < -0.39 is 8.07 Å². The average molecular weight is 821 g/mol.